The van der Waals surface area contributed by atoms with Crippen molar-refractivity contribution in [3.63, 3.8) is 0 Å². The lowest BCUT2D eigenvalue weighted by atomic mass is 9.76. The summed E-state index contributed by atoms with van der Waals surface area (Å²) in [6.45, 7) is 4.92. The van der Waals surface area contributed by atoms with Crippen molar-refractivity contribution >= 4 is 5.91 Å². The number of hydrogen-bond donors (Lipinski definition) is 0. The third kappa shape index (κ3) is 4.11. The molecule has 2 heterocycles. The molecular formula is C21H34N2O2. The molecule has 4 nitrogen and oxygen atoms in total. The minimum absolute atomic E-state index is 0.324. The van der Waals surface area contributed by atoms with Crippen LogP contribution in [0.5, 0.6) is 0 Å². The van der Waals surface area contributed by atoms with Gasteiger partial charge in [-0.15, -0.1) is 0 Å². The summed E-state index contributed by atoms with van der Waals surface area (Å²) in [7, 11) is 2.25. The molecule has 0 aromatic rings. The van der Waals surface area contributed by atoms with Crippen molar-refractivity contribution in [3.8, 4) is 0 Å². The highest BCUT2D eigenvalue weighted by Crippen LogP contribution is 2.43. The molecule has 1 amide bonds. The summed E-state index contributed by atoms with van der Waals surface area (Å²) in [4.78, 5) is 17.4. The number of allylic oxidation sites excluding steroid dienone is 1. The quantitative estimate of drug-likeness (QED) is 0.766. The Morgan fingerprint density at radius 2 is 2.04 bits per heavy atom. The number of likely N-dealkylation sites (tertiary alicyclic amines) is 2. The summed E-state index contributed by atoms with van der Waals surface area (Å²) < 4.78 is 5.97. The van der Waals surface area contributed by atoms with Gasteiger partial charge in [0.25, 0.3) is 0 Å². The van der Waals surface area contributed by atoms with Crippen LogP contribution in [0.25, 0.3) is 0 Å². The Morgan fingerprint density at radius 3 is 2.72 bits per heavy atom. The highest BCUT2D eigenvalue weighted by molar-refractivity contribution is 5.93. The average Bonchev–Trinajstić information content (AvgIpc) is 3.41. The minimum atomic E-state index is 0.324. The normalized spacial score (nSPS) is 29.9. The van der Waals surface area contributed by atoms with Crippen LogP contribution in [0.3, 0.4) is 0 Å². The van der Waals surface area contributed by atoms with Gasteiger partial charge < -0.3 is 14.5 Å². The highest BCUT2D eigenvalue weighted by atomic mass is 16.5. The molecule has 4 rings (SSSR count). The monoisotopic (exact) mass is 346 g/mol. The molecule has 0 aromatic heterocycles. The van der Waals surface area contributed by atoms with Gasteiger partial charge in [0.15, 0.2) is 0 Å². The van der Waals surface area contributed by atoms with Crippen LogP contribution < -0.4 is 0 Å². The summed E-state index contributed by atoms with van der Waals surface area (Å²) in [5.41, 5.74) is 1.50. The molecule has 2 aliphatic heterocycles. The number of ether oxygens (including phenoxy) is 1. The Kier molecular flexibility index (Phi) is 5.19. The molecule has 2 saturated heterocycles. The van der Waals surface area contributed by atoms with Gasteiger partial charge in [0.2, 0.25) is 5.91 Å². The minimum Gasteiger partial charge on any atom is -0.380 e. The maximum atomic E-state index is 12.7. The van der Waals surface area contributed by atoms with E-state index in [2.05, 4.69) is 22.9 Å². The zero-order valence-electron chi connectivity index (χ0n) is 15.8. The Bertz CT molecular complexity index is 518. The number of amides is 1. The van der Waals surface area contributed by atoms with Crippen molar-refractivity contribution in [1.82, 2.24) is 9.80 Å². The SMILES string of the molecule is CN1CC2(CCN(C(=O)C3=CCCCC3)CC2)C[C@H]1COCC1CC1. The number of likely N-dealkylation sites (N-methyl/N-ethyl adjacent to an activating group) is 1. The second-order valence-electron chi connectivity index (χ2n) is 9.02. The predicted molar refractivity (Wildman–Crippen MR) is 99.4 cm³/mol. The van der Waals surface area contributed by atoms with Crippen LogP contribution in [0.2, 0.25) is 0 Å². The predicted octanol–water partition coefficient (Wildman–Crippen LogP) is 3.23. The van der Waals surface area contributed by atoms with E-state index < -0.39 is 0 Å². The summed E-state index contributed by atoms with van der Waals surface area (Å²) in [6, 6.07) is 0.571. The molecule has 0 N–H and O–H groups in total. The largest absolute Gasteiger partial charge is 0.380 e. The molecule has 0 radical (unpaired) electrons. The van der Waals surface area contributed by atoms with E-state index in [-0.39, 0.29) is 0 Å². The van der Waals surface area contributed by atoms with E-state index in [4.69, 9.17) is 4.74 Å². The Labute approximate surface area is 152 Å². The van der Waals surface area contributed by atoms with Crippen molar-refractivity contribution < 1.29 is 9.53 Å². The van der Waals surface area contributed by atoms with Gasteiger partial charge in [0.1, 0.15) is 0 Å². The lowest BCUT2D eigenvalue weighted by Gasteiger charge is -2.39. The molecule has 1 atom stereocenters. The molecule has 1 spiro atoms. The Hall–Kier alpha value is -0.870. The number of rotatable bonds is 5. The fraction of sp³-hybridized carbons (Fsp3) is 0.857. The summed E-state index contributed by atoms with van der Waals surface area (Å²) in [6.07, 6.45) is 13.0. The Morgan fingerprint density at radius 1 is 1.24 bits per heavy atom. The number of carbonyl (C=O) groups is 1. The standard InChI is InChI=1S/C21H34N2O2/c1-22-16-21(13-19(22)15-25-14-17-7-8-17)9-11-23(12-10-21)20(24)18-5-3-2-4-6-18/h5,17,19H,2-4,6-16H2,1H3/t19-/m0/s1. The Balaban J connectivity index is 1.27. The van der Waals surface area contributed by atoms with Gasteiger partial charge in [-0.2, -0.15) is 0 Å². The molecule has 0 unspecified atom stereocenters. The van der Waals surface area contributed by atoms with Gasteiger partial charge in [-0.25, -0.2) is 0 Å². The third-order valence-electron chi connectivity index (χ3n) is 6.91. The van der Waals surface area contributed by atoms with Gasteiger partial charge in [-0.3, -0.25) is 4.79 Å². The number of hydrogen-bond acceptors (Lipinski definition) is 3. The van der Waals surface area contributed by atoms with E-state index in [9.17, 15) is 4.79 Å². The van der Waals surface area contributed by atoms with Crippen molar-refractivity contribution in [1.29, 1.82) is 0 Å². The lowest BCUT2D eigenvalue weighted by Crippen LogP contribution is -2.44. The molecule has 1 saturated carbocycles. The van der Waals surface area contributed by atoms with Crippen molar-refractivity contribution in [2.75, 3.05) is 39.9 Å². The van der Waals surface area contributed by atoms with Crippen LogP contribution >= 0.6 is 0 Å². The van der Waals surface area contributed by atoms with Crippen LogP contribution in [0, 0.1) is 11.3 Å². The smallest absolute Gasteiger partial charge is 0.249 e. The first-order valence-electron chi connectivity index (χ1n) is 10.4. The van der Waals surface area contributed by atoms with Gasteiger partial charge in [-0.05, 0) is 76.2 Å². The van der Waals surface area contributed by atoms with Crippen LogP contribution in [0.15, 0.2) is 11.6 Å². The van der Waals surface area contributed by atoms with E-state index in [0.717, 1.165) is 63.5 Å². The van der Waals surface area contributed by atoms with Crippen molar-refractivity contribution in [2.45, 2.75) is 63.8 Å². The molecule has 0 aromatic carbocycles. The van der Waals surface area contributed by atoms with Gasteiger partial charge in [0, 0.05) is 37.9 Å². The summed E-state index contributed by atoms with van der Waals surface area (Å²) in [5.74, 6) is 1.18. The molecular weight excluding hydrogens is 312 g/mol. The highest BCUT2D eigenvalue weighted by Gasteiger charge is 2.45. The molecule has 3 fully saturated rings. The molecule has 2 aliphatic carbocycles. The second kappa shape index (κ2) is 7.40. The maximum absolute atomic E-state index is 12.7. The van der Waals surface area contributed by atoms with Gasteiger partial charge >= 0.3 is 0 Å². The summed E-state index contributed by atoms with van der Waals surface area (Å²) in [5, 5.41) is 0. The first kappa shape index (κ1) is 17.5. The zero-order chi connectivity index (χ0) is 17.3. The zero-order valence-corrected chi connectivity index (χ0v) is 15.8. The van der Waals surface area contributed by atoms with E-state index in [1.54, 1.807) is 0 Å². The van der Waals surface area contributed by atoms with E-state index in [1.165, 1.54) is 38.6 Å². The van der Waals surface area contributed by atoms with Crippen LogP contribution in [0.1, 0.15) is 57.8 Å². The van der Waals surface area contributed by atoms with Crippen LogP contribution in [-0.4, -0.2) is 61.6 Å². The van der Waals surface area contributed by atoms with Gasteiger partial charge in [0.05, 0.1) is 6.61 Å². The fourth-order valence-corrected chi connectivity index (χ4v) is 5.00. The first-order valence-corrected chi connectivity index (χ1v) is 10.4. The van der Waals surface area contributed by atoms with E-state index in [0.29, 0.717) is 17.4 Å². The van der Waals surface area contributed by atoms with Crippen LogP contribution in [-0.2, 0) is 9.53 Å². The molecule has 140 valence electrons. The van der Waals surface area contributed by atoms with Crippen molar-refractivity contribution in [3.05, 3.63) is 11.6 Å². The maximum Gasteiger partial charge on any atom is 0.249 e. The molecule has 4 heteroatoms. The number of nitrogens with zero attached hydrogens (tertiary/aromatic N) is 2. The third-order valence-corrected chi connectivity index (χ3v) is 6.91. The fourth-order valence-electron chi connectivity index (χ4n) is 5.00. The van der Waals surface area contributed by atoms with E-state index >= 15 is 0 Å². The second-order valence-corrected chi connectivity index (χ2v) is 9.02. The van der Waals surface area contributed by atoms with Crippen molar-refractivity contribution in [2.24, 2.45) is 11.3 Å². The van der Waals surface area contributed by atoms with Gasteiger partial charge in [-0.1, -0.05) is 6.08 Å². The number of piperidine rings is 1. The topological polar surface area (TPSA) is 32.8 Å². The van der Waals surface area contributed by atoms with Crippen LogP contribution in [0.4, 0.5) is 0 Å². The average molecular weight is 347 g/mol. The summed E-state index contributed by atoms with van der Waals surface area (Å²) >= 11 is 0. The molecule has 4 aliphatic rings. The first-order chi connectivity index (χ1) is 12.2. The molecule has 0 bridgehead atoms. The molecule has 25 heavy (non-hydrogen) atoms. The lowest BCUT2D eigenvalue weighted by molar-refractivity contribution is -0.129. The number of carbonyl (C=O) groups excluding carboxylic acids is 1. The van der Waals surface area contributed by atoms with E-state index in [1.807, 2.05) is 0 Å².